The van der Waals surface area contributed by atoms with E-state index in [0.29, 0.717) is 11.8 Å². The van der Waals surface area contributed by atoms with E-state index in [4.69, 9.17) is 9.47 Å². The molecule has 1 saturated carbocycles. The van der Waals surface area contributed by atoms with Crippen LogP contribution in [0.4, 0.5) is 4.79 Å². The minimum absolute atomic E-state index is 0.143. The van der Waals surface area contributed by atoms with E-state index >= 15 is 0 Å². The van der Waals surface area contributed by atoms with Crippen LogP contribution in [0.5, 0.6) is 0 Å². The fraction of sp³-hybridized carbons (Fsp3) is 0.923. The molecule has 1 saturated heterocycles. The van der Waals surface area contributed by atoms with Crippen molar-refractivity contribution in [2.45, 2.75) is 58.3 Å². The second-order valence-corrected chi connectivity index (χ2v) is 6.12. The van der Waals surface area contributed by atoms with Gasteiger partial charge in [0.25, 0.3) is 0 Å². The van der Waals surface area contributed by atoms with Crippen molar-refractivity contribution in [1.82, 2.24) is 5.32 Å². The molecule has 98 valence electrons. The molecular weight excluding hydrogens is 218 g/mol. The molecule has 1 aliphatic heterocycles. The molecule has 0 aromatic rings. The summed E-state index contributed by atoms with van der Waals surface area (Å²) in [7, 11) is 0. The van der Waals surface area contributed by atoms with Crippen molar-refractivity contribution < 1.29 is 14.3 Å². The number of hydrogen-bond acceptors (Lipinski definition) is 4. The Hall–Kier alpha value is -0.770. The second-order valence-electron chi connectivity index (χ2n) is 6.12. The maximum atomic E-state index is 11.6. The van der Waals surface area contributed by atoms with Gasteiger partial charge in [-0.1, -0.05) is 12.8 Å². The molecule has 0 aromatic carbocycles. The van der Waals surface area contributed by atoms with Crippen LogP contribution < -0.4 is 5.32 Å². The topological polar surface area (TPSA) is 47.6 Å². The molecule has 0 aromatic heterocycles. The van der Waals surface area contributed by atoms with Crippen LogP contribution in [0.15, 0.2) is 0 Å². The standard InChI is InChI=1S/C13H23NO3/c1-13(2,3)17-12(15)16-11-10-7-5-4-6-9(10)8-14-11/h9-11,14H,4-8H2,1-3H3/t9?,10?,11-/m0/s1. The first-order chi connectivity index (χ1) is 7.96. The SMILES string of the molecule is CC(C)(C)OC(=O)O[C@@H]1NCC2CCCCC21. The molecule has 1 heterocycles. The number of rotatable bonds is 1. The molecule has 4 nitrogen and oxygen atoms in total. The van der Waals surface area contributed by atoms with Gasteiger partial charge in [-0.05, 0) is 39.5 Å². The Morgan fingerprint density at radius 1 is 1.24 bits per heavy atom. The lowest BCUT2D eigenvalue weighted by atomic mass is 9.81. The Kier molecular flexibility index (Phi) is 3.61. The lowest BCUT2D eigenvalue weighted by Crippen LogP contribution is -2.36. The minimum Gasteiger partial charge on any atom is -0.429 e. The van der Waals surface area contributed by atoms with Crippen molar-refractivity contribution in [2.75, 3.05) is 6.54 Å². The predicted molar refractivity (Wildman–Crippen MR) is 64.6 cm³/mol. The molecule has 1 aliphatic carbocycles. The van der Waals surface area contributed by atoms with E-state index in [1.54, 1.807) is 0 Å². The Balaban J connectivity index is 1.85. The zero-order valence-corrected chi connectivity index (χ0v) is 11.0. The average molecular weight is 241 g/mol. The van der Waals surface area contributed by atoms with E-state index in [0.717, 1.165) is 13.0 Å². The van der Waals surface area contributed by atoms with Crippen molar-refractivity contribution in [3.63, 3.8) is 0 Å². The molecule has 0 radical (unpaired) electrons. The Bertz CT molecular complexity index is 285. The highest BCUT2D eigenvalue weighted by atomic mass is 16.7. The van der Waals surface area contributed by atoms with Gasteiger partial charge in [0.05, 0.1) is 0 Å². The zero-order chi connectivity index (χ0) is 12.5. The third-order valence-corrected chi connectivity index (χ3v) is 3.55. The number of hydrogen-bond donors (Lipinski definition) is 1. The third-order valence-electron chi connectivity index (χ3n) is 3.55. The second kappa shape index (κ2) is 4.84. The van der Waals surface area contributed by atoms with E-state index in [1.165, 1.54) is 19.3 Å². The molecule has 2 unspecified atom stereocenters. The van der Waals surface area contributed by atoms with Gasteiger partial charge in [0.1, 0.15) is 5.60 Å². The van der Waals surface area contributed by atoms with Gasteiger partial charge in [-0.2, -0.15) is 0 Å². The first-order valence-electron chi connectivity index (χ1n) is 6.59. The number of ether oxygens (including phenoxy) is 2. The number of carbonyl (C=O) groups excluding carboxylic acids is 1. The van der Waals surface area contributed by atoms with Crippen molar-refractivity contribution in [3.8, 4) is 0 Å². The van der Waals surface area contributed by atoms with Crippen molar-refractivity contribution in [3.05, 3.63) is 0 Å². The van der Waals surface area contributed by atoms with Crippen LogP contribution in [0.25, 0.3) is 0 Å². The average Bonchev–Trinajstić information content (AvgIpc) is 2.59. The summed E-state index contributed by atoms with van der Waals surface area (Å²) in [6.45, 7) is 6.51. The van der Waals surface area contributed by atoms with Gasteiger partial charge >= 0.3 is 6.16 Å². The normalized spacial score (nSPS) is 33.0. The Labute approximate surface area is 103 Å². The van der Waals surface area contributed by atoms with E-state index in [2.05, 4.69) is 5.32 Å². The predicted octanol–water partition coefficient (Wildman–Crippen LogP) is 2.67. The fourth-order valence-electron chi connectivity index (χ4n) is 2.81. The molecule has 2 fully saturated rings. The molecule has 1 N–H and O–H groups in total. The summed E-state index contributed by atoms with van der Waals surface area (Å²) in [5, 5.41) is 3.29. The van der Waals surface area contributed by atoms with E-state index < -0.39 is 11.8 Å². The van der Waals surface area contributed by atoms with Crippen LogP contribution >= 0.6 is 0 Å². The molecular formula is C13H23NO3. The Morgan fingerprint density at radius 3 is 2.65 bits per heavy atom. The summed E-state index contributed by atoms with van der Waals surface area (Å²) in [5.74, 6) is 1.16. The van der Waals surface area contributed by atoms with Gasteiger partial charge in [0.2, 0.25) is 0 Å². The zero-order valence-electron chi connectivity index (χ0n) is 11.0. The molecule has 2 rings (SSSR count). The quantitative estimate of drug-likeness (QED) is 0.717. The van der Waals surface area contributed by atoms with Gasteiger partial charge in [0.15, 0.2) is 6.23 Å². The number of carbonyl (C=O) groups is 1. The van der Waals surface area contributed by atoms with Gasteiger partial charge in [-0.15, -0.1) is 0 Å². The molecule has 2 aliphatic rings. The maximum absolute atomic E-state index is 11.6. The van der Waals surface area contributed by atoms with Crippen LogP contribution in [0.3, 0.4) is 0 Å². The smallest absolute Gasteiger partial charge is 0.429 e. The summed E-state index contributed by atoms with van der Waals surface area (Å²) in [6, 6.07) is 0. The van der Waals surface area contributed by atoms with Gasteiger partial charge < -0.3 is 9.47 Å². The highest BCUT2D eigenvalue weighted by Crippen LogP contribution is 2.36. The summed E-state index contributed by atoms with van der Waals surface area (Å²) in [5.41, 5.74) is -0.484. The molecule has 17 heavy (non-hydrogen) atoms. The summed E-state index contributed by atoms with van der Waals surface area (Å²) >= 11 is 0. The first kappa shape index (κ1) is 12.7. The molecule has 0 spiro atoms. The number of nitrogens with one attached hydrogen (secondary N) is 1. The Morgan fingerprint density at radius 2 is 1.94 bits per heavy atom. The summed E-state index contributed by atoms with van der Waals surface area (Å²) in [6.07, 6.45) is 4.27. The summed E-state index contributed by atoms with van der Waals surface area (Å²) in [4.78, 5) is 11.6. The molecule has 0 amide bonds. The van der Waals surface area contributed by atoms with E-state index in [-0.39, 0.29) is 6.23 Å². The van der Waals surface area contributed by atoms with E-state index in [1.807, 2.05) is 20.8 Å². The first-order valence-corrected chi connectivity index (χ1v) is 6.59. The molecule has 3 atom stereocenters. The fourth-order valence-corrected chi connectivity index (χ4v) is 2.81. The minimum atomic E-state index is -0.554. The van der Waals surface area contributed by atoms with Crippen molar-refractivity contribution in [2.24, 2.45) is 11.8 Å². The van der Waals surface area contributed by atoms with Crippen molar-refractivity contribution in [1.29, 1.82) is 0 Å². The van der Waals surface area contributed by atoms with E-state index in [9.17, 15) is 4.79 Å². The third kappa shape index (κ3) is 3.35. The lowest BCUT2D eigenvalue weighted by Gasteiger charge is -2.28. The van der Waals surface area contributed by atoms with Gasteiger partial charge in [0, 0.05) is 12.5 Å². The van der Waals surface area contributed by atoms with Crippen LogP contribution in [-0.2, 0) is 9.47 Å². The maximum Gasteiger partial charge on any atom is 0.510 e. The highest BCUT2D eigenvalue weighted by Gasteiger charge is 2.40. The molecule has 4 heteroatoms. The lowest BCUT2D eigenvalue weighted by molar-refractivity contribution is -0.0442. The van der Waals surface area contributed by atoms with Crippen molar-refractivity contribution >= 4 is 6.16 Å². The van der Waals surface area contributed by atoms with Crippen LogP contribution in [-0.4, -0.2) is 24.5 Å². The van der Waals surface area contributed by atoms with Gasteiger partial charge in [-0.3, -0.25) is 5.32 Å². The van der Waals surface area contributed by atoms with Gasteiger partial charge in [-0.25, -0.2) is 4.79 Å². The molecule has 0 bridgehead atoms. The number of fused-ring (bicyclic) bond motifs is 1. The van der Waals surface area contributed by atoms with Crippen LogP contribution in [0, 0.1) is 11.8 Å². The summed E-state index contributed by atoms with van der Waals surface area (Å²) < 4.78 is 10.6. The largest absolute Gasteiger partial charge is 0.510 e. The van der Waals surface area contributed by atoms with Crippen LogP contribution in [0.1, 0.15) is 46.5 Å². The highest BCUT2D eigenvalue weighted by molar-refractivity contribution is 5.60. The monoisotopic (exact) mass is 241 g/mol. The van der Waals surface area contributed by atoms with Crippen LogP contribution in [0.2, 0.25) is 0 Å².